The molecule has 0 bridgehead atoms. The van der Waals surface area contributed by atoms with Crippen molar-refractivity contribution in [1.82, 2.24) is 0 Å². The first-order valence-electron chi connectivity index (χ1n) is 21.2. The van der Waals surface area contributed by atoms with Crippen LogP contribution < -0.4 is 0 Å². The molecule has 0 spiro atoms. The zero-order chi connectivity index (χ0) is 38.3. The quantitative estimate of drug-likeness (QED) is 0.0347. The van der Waals surface area contributed by atoms with Gasteiger partial charge in [0.15, 0.2) is 0 Å². The van der Waals surface area contributed by atoms with E-state index in [2.05, 4.69) is 20.9 Å². The highest BCUT2D eigenvalue weighted by molar-refractivity contribution is 6.60. The lowest BCUT2D eigenvalue weighted by Crippen LogP contribution is -2.54. The molecule has 0 aromatic rings. The lowest BCUT2D eigenvalue weighted by Gasteiger charge is -2.40. The fourth-order valence-electron chi connectivity index (χ4n) is 7.68. The molecule has 7 nitrogen and oxygen atoms in total. The summed E-state index contributed by atoms with van der Waals surface area (Å²) in [6.07, 6.45) is 22.8. The molecule has 0 fully saturated rings. The standard InChI is InChI=1S/C42H90NO6Si/c1-13-15-17-19-21-23-25-27-30-43(12,31-28-26-24-22-20-18-16-14-2)32-29-33-50(47-37(3)34-40(6,7)44,48-38(4)35-41(8,9)45)49-39(5)36-42(10,11)46/h37-39,44-46H,13-36H2,1-12H3/q+1. The van der Waals surface area contributed by atoms with Crippen LogP contribution in [0.2, 0.25) is 6.04 Å². The summed E-state index contributed by atoms with van der Waals surface area (Å²) < 4.78 is 21.7. The Morgan fingerprint density at radius 1 is 0.460 bits per heavy atom. The molecule has 0 aliphatic heterocycles. The predicted octanol–water partition coefficient (Wildman–Crippen LogP) is 10.7. The van der Waals surface area contributed by atoms with Crippen LogP contribution in [0.25, 0.3) is 0 Å². The molecule has 3 unspecified atom stereocenters. The van der Waals surface area contributed by atoms with Crippen molar-refractivity contribution < 1.29 is 33.1 Å². The van der Waals surface area contributed by atoms with E-state index in [1.807, 2.05) is 62.3 Å². The third kappa shape index (κ3) is 29.4. The average Bonchev–Trinajstić information content (AvgIpc) is 2.92. The van der Waals surface area contributed by atoms with Gasteiger partial charge < -0.3 is 33.1 Å². The SMILES string of the molecule is CCCCCCCCCC[N+](C)(CCCCCCCCCC)CCC[Si](OC(C)CC(C)(C)O)(OC(C)CC(C)(C)O)OC(C)CC(C)(C)O. The predicted molar refractivity (Wildman–Crippen MR) is 216 cm³/mol. The Labute approximate surface area is 313 Å². The summed E-state index contributed by atoms with van der Waals surface area (Å²) >= 11 is 0. The van der Waals surface area contributed by atoms with Crippen molar-refractivity contribution in [1.29, 1.82) is 0 Å². The van der Waals surface area contributed by atoms with Gasteiger partial charge in [-0.05, 0) is 88.0 Å². The van der Waals surface area contributed by atoms with Crippen LogP contribution in [-0.4, -0.2) is 90.4 Å². The topological polar surface area (TPSA) is 88.4 Å². The molecule has 50 heavy (non-hydrogen) atoms. The van der Waals surface area contributed by atoms with Gasteiger partial charge in [-0.25, -0.2) is 0 Å². The number of hydrogen-bond donors (Lipinski definition) is 3. The van der Waals surface area contributed by atoms with E-state index in [4.69, 9.17) is 13.3 Å². The molecular weight excluding hydrogens is 643 g/mol. The van der Waals surface area contributed by atoms with E-state index < -0.39 is 25.6 Å². The number of rotatable bonds is 34. The molecule has 302 valence electrons. The van der Waals surface area contributed by atoms with Gasteiger partial charge in [-0.1, -0.05) is 90.9 Å². The smallest absolute Gasteiger partial charge is 0.390 e. The van der Waals surface area contributed by atoms with E-state index in [1.54, 1.807) is 0 Å². The Balaban J connectivity index is 5.97. The summed E-state index contributed by atoms with van der Waals surface area (Å²) in [7, 11) is -0.890. The molecule has 0 saturated carbocycles. The third-order valence-electron chi connectivity index (χ3n) is 9.79. The fraction of sp³-hybridized carbons (Fsp3) is 1.00. The monoisotopic (exact) mass is 733 g/mol. The van der Waals surface area contributed by atoms with Crippen LogP contribution in [0.1, 0.15) is 205 Å². The summed E-state index contributed by atoms with van der Waals surface area (Å²) in [5.41, 5.74) is -2.67. The molecule has 3 N–H and O–H groups in total. The zero-order valence-electron chi connectivity index (χ0n) is 35.7. The maximum Gasteiger partial charge on any atom is 0.501 e. The summed E-state index contributed by atoms with van der Waals surface area (Å²) in [6.45, 7) is 24.9. The second-order valence-corrected chi connectivity index (χ2v) is 20.9. The largest absolute Gasteiger partial charge is 0.501 e. The summed E-state index contributed by atoms with van der Waals surface area (Å²) in [5, 5.41) is 32.0. The van der Waals surface area contributed by atoms with E-state index in [-0.39, 0.29) is 18.3 Å². The van der Waals surface area contributed by atoms with Gasteiger partial charge in [0.05, 0.1) is 43.5 Å². The molecule has 0 rings (SSSR count). The van der Waals surface area contributed by atoms with Gasteiger partial charge in [0.2, 0.25) is 0 Å². The summed E-state index contributed by atoms with van der Waals surface area (Å²) in [5.74, 6) is 0. The van der Waals surface area contributed by atoms with Crippen molar-refractivity contribution in [3.8, 4) is 0 Å². The van der Waals surface area contributed by atoms with Crippen LogP contribution in [0, 0.1) is 0 Å². The lowest BCUT2D eigenvalue weighted by molar-refractivity contribution is -0.910. The Hall–Kier alpha value is -0.0631. The van der Waals surface area contributed by atoms with Crippen LogP contribution >= 0.6 is 0 Å². The molecule has 0 radical (unpaired) electrons. The van der Waals surface area contributed by atoms with Crippen molar-refractivity contribution >= 4 is 8.80 Å². The minimum Gasteiger partial charge on any atom is -0.390 e. The van der Waals surface area contributed by atoms with E-state index in [9.17, 15) is 15.3 Å². The van der Waals surface area contributed by atoms with Gasteiger partial charge in [-0.3, -0.25) is 0 Å². The van der Waals surface area contributed by atoms with Gasteiger partial charge in [-0.15, -0.1) is 0 Å². The minimum atomic E-state index is -3.35. The number of hydrogen-bond acceptors (Lipinski definition) is 6. The van der Waals surface area contributed by atoms with E-state index in [0.717, 1.165) is 17.4 Å². The van der Waals surface area contributed by atoms with Crippen molar-refractivity contribution in [2.75, 3.05) is 26.7 Å². The van der Waals surface area contributed by atoms with Crippen LogP contribution in [0.4, 0.5) is 0 Å². The van der Waals surface area contributed by atoms with Crippen LogP contribution in [0.5, 0.6) is 0 Å². The maximum absolute atomic E-state index is 10.7. The van der Waals surface area contributed by atoms with Crippen LogP contribution in [0.3, 0.4) is 0 Å². The number of quaternary nitrogens is 1. The van der Waals surface area contributed by atoms with Crippen molar-refractivity contribution in [2.24, 2.45) is 0 Å². The van der Waals surface area contributed by atoms with E-state index >= 15 is 0 Å². The molecule has 3 atom stereocenters. The number of unbranched alkanes of at least 4 members (excludes halogenated alkanes) is 14. The highest BCUT2D eigenvalue weighted by Crippen LogP contribution is 2.31. The Morgan fingerprint density at radius 2 is 0.720 bits per heavy atom. The molecule has 0 aromatic heterocycles. The summed E-state index contributed by atoms with van der Waals surface area (Å²) in [4.78, 5) is 0. The lowest BCUT2D eigenvalue weighted by atomic mass is 10.0. The molecule has 0 saturated heterocycles. The molecular formula is C42H90NO6Si+. The van der Waals surface area contributed by atoms with Crippen molar-refractivity contribution in [3.63, 3.8) is 0 Å². The van der Waals surface area contributed by atoms with Crippen molar-refractivity contribution in [3.05, 3.63) is 0 Å². The highest BCUT2D eigenvalue weighted by Gasteiger charge is 2.47. The first kappa shape index (κ1) is 49.9. The Morgan fingerprint density at radius 3 is 1.00 bits per heavy atom. The van der Waals surface area contributed by atoms with Gasteiger partial charge >= 0.3 is 8.80 Å². The first-order valence-corrected chi connectivity index (χ1v) is 23.1. The molecule has 0 heterocycles. The zero-order valence-corrected chi connectivity index (χ0v) is 36.7. The van der Waals surface area contributed by atoms with Crippen molar-refractivity contribution in [2.45, 2.75) is 246 Å². The Kier molecular flexibility index (Phi) is 25.8. The third-order valence-corrected chi connectivity index (χ3v) is 13.0. The Bertz CT molecular complexity index is 726. The molecule has 0 aliphatic rings. The maximum atomic E-state index is 10.7. The number of aliphatic hydroxyl groups is 3. The molecule has 8 heteroatoms. The van der Waals surface area contributed by atoms with Gasteiger partial charge in [-0.2, -0.15) is 0 Å². The second-order valence-electron chi connectivity index (χ2n) is 18.4. The normalized spacial score (nSPS) is 16.4. The minimum absolute atomic E-state index is 0.277. The molecule has 0 aromatic carbocycles. The van der Waals surface area contributed by atoms with E-state index in [1.165, 1.54) is 116 Å². The van der Waals surface area contributed by atoms with Gasteiger partial charge in [0.1, 0.15) is 0 Å². The number of nitrogens with zero attached hydrogens (tertiary/aromatic N) is 1. The van der Waals surface area contributed by atoms with E-state index in [0.29, 0.717) is 25.3 Å². The second kappa shape index (κ2) is 25.9. The highest BCUT2D eigenvalue weighted by atomic mass is 28.4. The molecule has 0 aliphatic carbocycles. The average molecular weight is 733 g/mol. The van der Waals surface area contributed by atoms with Crippen LogP contribution in [-0.2, 0) is 13.3 Å². The van der Waals surface area contributed by atoms with Gasteiger partial charge in [0.25, 0.3) is 0 Å². The van der Waals surface area contributed by atoms with Gasteiger partial charge in [0, 0.05) is 50.0 Å². The molecule has 0 amide bonds. The van der Waals surface area contributed by atoms with Crippen LogP contribution in [0.15, 0.2) is 0 Å². The fourth-order valence-corrected chi connectivity index (χ4v) is 10.9. The summed E-state index contributed by atoms with van der Waals surface area (Å²) in [6, 6.07) is 0.665. The first-order chi connectivity index (χ1) is 23.1.